The van der Waals surface area contributed by atoms with Crippen LogP contribution in [-0.4, -0.2) is 60.5 Å². The van der Waals surface area contributed by atoms with Crippen molar-refractivity contribution in [3.63, 3.8) is 0 Å². The summed E-state index contributed by atoms with van der Waals surface area (Å²) in [4.78, 5) is 19.5. The normalized spacial score (nSPS) is 14.6. The number of nitrogens with one attached hydrogen (secondary N) is 2. The number of urea groups is 1. The number of thiazole rings is 1. The summed E-state index contributed by atoms with van der Waals surface area (Å²) < 4.78 is 17.8. The van der Waals surface area contributed by atoms with Gasteiger partial charge in [0.05, 0.1) is 23.4 Å². The maximum Gasteiger partial charge on any atom is 0.324 e. The number of amides is 2. The molecule has 2 aromatic carbocycles. The zero-order valence-electron chi connectivity index (χ0n) is 21.2. The summed E-state index contributed by atoms with van der Waals surface area (Å²) in [5.74, 6) is 1.90. The molecule has 10 heteroatoms. The van der Waals surface area contributed by atoms with Crippen LogP contribution in [0.1, 0.15) is 26.5 Å². The van der Waals surface area contributed by atoms with E-state index in [1.54, 1.807) is 17.4 Å². The number of rotatable bonds is 7. The Balaban J connectivity index is 1.17. The lowest BCUT2D eigenvalue weighted by atomic mass is 9.93. The molecule has 0 radical (unpaired) electrons. The molecular formula is C27H31N5O4S. The van der Waals surface area contributed by atoms with Crippen molar-refractivity contribution in [2.75, 3.05) is 50.1 Å². The van der Waals surface area contributed by atoms with Crippen LogP contribution in [0, 0.1) is 0 Å². The van der Waals surface area contributed by atoms with E-state index in [1.807, 2.05) is 57.2 Å². The standard InChI is InChI=1S/C27H31N5O4S/c1-27(2,3)23-17-24(31-36-23)30-26(33)28-19-6-4-18(5-7-19)25-29-21-16-20(8-9-22(21)37-25)35-15-12-32-10-13-34-14-11-32/h4-9,16-17H,10-15H2,1-3H3,(H2,28,30,31,33). The minimum absolute atomic E-state index is 0.183. The predicted octanol–water partition coefficient (Wildman–Crippen LogP) is 5.60. The number of ether oxygens (including phenoxy) is 2. The van der Waals surface area contributed by atoms with Crippen LogP contribution in [0.25, 0.3) is 20.8 Å². The van der Waals surface area contributed by atoms with E-state index < -0.39 is 0 Å². The van der Waals surface area contributed by atoms with Gasteiger partial charge in [-0.05, 0) is 36.4 Å². The third-order valence-electron chi connectivity index (χ3n) is 6.02. The number of fused-ring (bicyclic) bond motifs is 1. The van der Waals surface area contributed by atoms with E-state index in [-0.39, 0.29) is 11.4 Å². The number of carbonyl (C=O) groups is 1. The Bertz CT molecular complexity index is 1350. The molecule has 0 atom stereocenters. The van der Waals surface area contributed by atoms with Crippen LogP contribution in [0.4, 0.5) is 16.3 Å². The lowest BCUT2D eigenvalue weighted by molar-refractivity contribution is 0.0322. The van der Waals surface area contributed by atoms with Gasteiger partial charge in [-0.1, -0.05) is 25.9 Å². The average Bonchev–Trinajstić information content (AvgIpc) is 3.52. The van der Waals surface area contributed by atoms with E-state index in [1.165, 1.54) is 0 Å². The summed E-state index contributed by atoms with van der Waals surface area (Å²) in [5.41, 5.74) is 2.37. The summed E-state index contributed by atoms with van der Waals surface area (Å²) in [5, 5.41) is 10.3. The molecule has 194 valence electrons. The molecule has 5 rings (SSSR count). The first-order valence-electron chi connectivity index (χ1n) is 12.3. The summed E-state index contributed by atoms with van der Waals surface area (Å²) in [6.45, 7) is 11.1. The molecule has 1 aliphatic heterocycles. The highest BCUT2D eigenvalue weighted by molar-refractivity contribution is 7.21. The van der Waals surface area contributed by atoms with E-state index in [0.29, 0.717) is 23.9 Å². The van der Waals surface area contributed by atoms with Crippen molar-refractivity contribution in [2.24, 2.45) is 0 Å². The number of aromatic nitrogens is 2. The van der Waals surface area contributed by atoms with Gasteiger partial charge in [-0.25, -0.2) is 9.78 Å². The number of hydrogen-bond acceptors (Lipinski definition) is 8. The first-order chi connectivity index (χ1) is 17.8. The van der Waals surface area contributed by atoms with Gasteiger partial charge in [-0.3, -0.25) is 10.2 Å². The highest BCUT2D eigenvalue weighted by Crippen LogP contribution is 2.32. The Morgan fingerprint density at radius 3 is 2.59 bits per heavy atom. The SMILES string of the molecule is CC(C)(C)c1cc(NC(=O)Nc2ccc(-c3nc4cc(OCCN5CCOCC5)ccc4s3)cc2)no1. The van der Waals surface area contributed by atoms with Gasteiger partial charge in [-0.15, -0.1) is 11.3 Å². The quantitative estimate of drug-likeness (QED) is 0.326. The van der Waals surface area contributed by atoms with Gasteiger partial charge in [0.25, 0.3) is 0 Å². The van der Waals surface area contributed by atoms with Crippen LogP contribution < -0.4 is 15.4 Å². The molecule has 1 aliphatic rings. The summed E-state index contributed by atoms with van der Waals surface area (Å²) in [6.07, 6.45) is 0. The lowest BCUT2D eigenvalue weighted by Gasteiger charge is -2.26. The predicted molar refractivity (Wildman–Crippen MR) is 146 cm³/mol. The Hall–Kier alpha value is -3.47. The summed E-state index contributed by atoms with van der Waals surface area (Å²) in [7, 11) is 0. The zero-order chi connectivity index (χ0) is 25.8. The molecule has 3 heterocycles. The third-order valence-corrected chi connectivity index (χ3v) is 7.11. The van der Waals surface area contributed by atoms with E-state index in [9.17, 15) is 4.79 Å². The Morgan fingerprint density at radius 1 is 1.08 bits per heavy atom. The van der Waals surface area contributed by atoms with Gasteiger partial charge in [0.15, 0.2) is 5.82 Å². The van der Waals surface area contributed by atoms with Crippen LogP contribution in [0.2, 0.25) is 0 Å². The van der Waals surface area contributed by atoms with Crippen LogP contribution in [0.3, 0.4) is 0 Å². The Morgan fingerprint density at radius 2 is 1.86 bits per heavy atom. The number of morpholine rings is 1. The fourth-order valence-corrected chi connectivity index (χ4v) is 4.85. The fourth-order valence-electron chi connectivity index (χ4n) is 3.90. The van der Waals surface area contributed by atoms with Gasteiger partial charge in [0, 0.05) is 48.4 Å². The van der Waals surface area contributed by atoms with E-state index in [2.05, 4.69) is 26.8 Å². The molecule has 37 heavy (non-hydrogen) atoms. The van der Waals surface area contributed by atoms with E-state index in [0.717, 1.165) is 59.4 Å². The monoisotopic (exact) mass is 521 g/mol. The molecule has 1 saturated heterocycles. The number of benzene rings is 2. The van der Waals surface area contributed by atoms with Crippen LogP contribution in [0.5, 0.6) is 5.75 Å². The molecule has 2 amide bonds. The number of nitrogens with zero attached hydrogens (tertiary/aromatic N) is 3. The van der Waals surface area contributed by atoms with Crippen LogP contribution >= 0.6 is 11.3 Å². The second-order valence-electron chi connectivity index (χ2n) is 9.93. The minimum atomic E-state index is -0.386. The smallest absolute Gasteiger partial charge is 0.324 e. The average molecular weight is 522 g/mol. The topological polar surface area (TPSA) is 102 Å². The first-order valence-corrected chi connectivity index (χ1v) is 13.1. The van der Waals surface area contributed by atoms with Crippen molar-refractivity contribution in [3.8, 4) is 16.3 Å². The van der Waals surface area contributed by atoms with Crippen molar-refractivity contribution in [1.82, 2.24) is 15.0 Å². The maximum absolute atomic E-state index is 12.4. The molecule has 1 fully saturated rings. The molecule has 9 nitrogen and oxygen atoms in total. The van der Waals surface area contributed by atoms with Gasteiger partial charge < -0.3 is 19.3 Å². The second-order valence-corrected chi connectivity index (χ2v) is 11.0. The van der Waals surface area contributed by atoms with Crippen LogP contribution in [-0.2, 0) is 10.2 Å². The van der Waals surface area contributed by atoms with Gasteiger partial charge in [0.2, 0.25) is 0 Å². The van der Waals surface area contributed by atoms with Crippen molar-refractivity contribution in [3.05, 3.63) is 54.3 Å². The Kier molecular flexibility index (Phi) is 7.40. The number of hydrogen-bond donors (Lipinski definition) is 2. The number of anilines is 2. The van der Waals surface area contributed by atoms with Crippen molar-refractivity contribution in [2.45, 2.75) is 26.2 Å². The molecular weight excluding hydrogens is 490 g/mol. The molecule has 2 aromatic heterocycles. The zero-order valence-corrected chi connectivity index (χ0v) is 22.1. The van der Waals surface area contributed by atoms with E-state index >= 15 is 0 Å². The maximum atomic E-state index is 12.4. The molecule has 0 unspecified atom stereocenters. The number of carbonyl (C=O) groups excluding carboxylic acids is 1. The first kappa shape index (κ1) is 25.2. The van der Waals surface area contributed by atoms with Gasteiger partial charge in [0.1, 0.15) is 23.1 Å². The molecule has 0 saturated carbocycles. The van der Waals surface area contributed by atoms with E-state index in [4.69, 9.17) is 19.0 Å². The largest absolute Gasteiger partial charge is 0.492 e. The molecule has 0 bridgehead atoms. The van der Waals surface area contributed by atoms with Crippen molar-refractivity contribution >= 4 is 39.1 Å². The third kappa shape index (κ3) is 6.46. The molecule has 0 aliphatic carbocycles. The van der Waals surface area contributed by atoms with Crippen molar-refractivity contribution in [1.29, 1.82) is 0 Å². The summed E-state index contributed by atoms with van der Waals surface area (Å²) in [6, 6.07) is 15.0. The van der Waals surface area contributed by atoms with Gasteiger partial charge >= 0.3 is 6.03 Å². The second kappa shape index (κ2) is 10.9. The summed E-state index contributed by atoms with van der Waals surface area (Å²) >= 11 is 1.62. The molecule has 4 aromatic rings. The van der Waals surface area contributed by atoms with Crippen molar-refractivity contribution < 1.29 is 18.8 Å². The lowest BCUT2D eigenvalue weighted by Crippen LogP contribution is -2.38. The minimum Gasteiger partial charge on any atom is -0.492 e. The van der Waals surface area contributed by atoms with Crippen LogP contribution in [0.15, 0.2) is 53.1 Å². The van der Waals surface area contributed by atoms with Gasteiger partial charge in [-0.2, -0.15) is 0 Å². The highest BCUT2D eigenvalue weighted by atomic mass is 32.1. The molecule has 2 N–H and O–H groups in total. The molecule has 0 spiro atoms. The Labute approximate surface area is 219 Å². The highest BCUT2D eigenvalue weighted by Gasteiger charge is 2.20. The fraction of sp³-hybridized carbons (Fsp3) is 0.370.